The van der Waals surface area contributed by atoms with Crippen LogP contribution in [0.25, 0.3) is 0 Å². The van der Waals surface area contributed by atoms with Crippen molar-refractivity contribution in [3.63, 3.8) is 0 Å². The van der Waals surface area contributed by atoms with E-state index in [1.165, 1.54) is 12.4 Å². The van der Waals surface area contributed by atoms with Crippen LogP contribution in [-0.4, -0.2) is 44.4 Å². The van der Waals surface area contributed by atoms with E-state index in [-0.39, 0.29) is 12.0 Å². The first-order valence-corrected chi connectivity index (χ1v) is 5.43. The van der Waals surface area contributed by atoms with Crippen molar-refractivity contribution in [2.45, 2.75) is 6.10 Å². The third kappa shape index (κ3) is 3.95. The van der Waals surface area contributed by atoms with Crippen molar-refractivity contribution in [2.75, 3.05) is 32.8 Å². The Balaban J connectivity index is 2.59. The second kappa shape index (κ2) is 7.59. The number of carbonyl (C=O) groups is 1. The van der Waals surface area contributed by atoms with Gasteiger partial charge in [-0.1, -0.05) is 0 Å². The molecule has 1 aromatic rings. The number of amides is 1. The van der Waals surface area contributed by atoms with Crippen molar-refractivity contribution in [3.8, 4) is 0 Å². The van der Waals surface area contributed by atoms with E-state index in [2.05, 4.69) is 15.7 Å². The molecule has 0 spiro atoms. The minimum absolute atomic E-state index is 0.185. The van der Waals surface area contributed by atoms with E-state index in [1.807, 2.05) is 0 Å². The Kier molecular flexibility index (Phi) is 6.06. The number of rotatable bonds is 7. The van der Waals surface area contributed by atoms with Crippen LogP contribution in [0.1, 0.15) is 10.4 Å². The van der Waals surface area contributed by atoms with Gasteiger partial charge in [-0.3, -0.25) is 15.6 Å². The second-order valence-electron chi connectivity index (χ2n) is 3.59. The van der Waals surface area contributed by atoms with Crippen LogP contribution >= 0.6 is 0 Å². The van der Waals surface area contributed by atoms with Crippen molar-refractivity contribution in [2.24, 2.45) is 5.84 Å². The highest BCUT2D eigenvalue weighted by Gasteiger charge is 2.13. The Morgan fingerprint density at radius 2 is 2.33 bits per heavy atom. The molecule has 0 bridgehead atoms. The number of nitrogens with zero attached hydrogens (tertiary/aromatic N) is 1. The summed E-state index contributed by atoms with van der Waals surface area (Å²) in [7, 11) is 3.14. The van der Waals surface area contributed by atoms with E-state index >= 15 is 0 Å². The number of anilines is 1. The smallest absolute Gasteiger partial charge is 0.253 e. The first-order valence-electron chi connectivity index (χ1n) is 5.43. The maximum absolute atomic E-state index is 11.9. The average Bonchev–Trinajstić information content (AvgIpc) is 2.42. The maximum atomic E-state index is 11.9. The van der Waals surface area contributed by atoms with Crippen LogP contribution in [0.15, 0.2) is 18.5 Å². The van der Waals surface area contributed by atoms with Gasteiger partial charge in [0.15, 0.2) is 0 Å². The number of ether oxygens (including phenoxy) is 2. The second-order valence-corrected chi connectivity index (χ2v) is 3.59. The molecule has 0 fully saturated rings. The van der Waals surface area contributed by atoms with E-state index in [4.69, 9.17) is 15.3 Å². The summed E-state index contributed by atoms with van der Waals surface area (Å²) in [4.78, 5) is 15.8. The van der Waals surface area contributed by atoms with Crippen LogP contribution in [0.2, 0.25) is 0 Å². The summed E-state index contributed by atoms with van der Waals surface area (Å²) in [6.45, 7) is 0.768. The lowest BCUT2D eigenvalue weighted by atomic mass is 10.2. The number of carbonyl (C=O) groups excluding carboxylic acids is 1. The molecule has 0 radical (unpaired) electrons. The van der Waals surface area contributed by atoms with Gasteiger partial charge >= 0.3 is 0 Å². The summed E-state index contributed by atoms with van der Waals surface area (Å²) in [6, 6.07) is 1.59. The number of hydrogen-bond acceptors (Lipinski definition) is 6. The summed E-state index contributed by atoms with van der Waals surface area (Å²) >= 11 is 0. The third-order valence-corrected chi connectivity index (χ3v) is 2.40. The molecule has 1 heterocycles. The maximum Gasteiger partial charge on any atom is 0.253 e. The van der Waals surface area contributed by atoms with Crippen LogP contribution in [0.3, 0.4) is 0 Å². The van der Waals surface area contributed by atoms with E-state index < -0.39 is 0 Å². The number of methoxy groups -OCH3 is 2. The van der Waals surface area contributed by atoms with Gasteiger partial charge in [0.2, 0.25) is 0 Å². The van der Waals surface area contributed by atoms with Crippen LogP contribution in [0.4, 0.5) is 5.69 Å². The molecular weight excluding hydrogens is 236 g/mol. The van der Waals surface area contributed by atoms with Crippen LogP contribution in [0, 0.1) is 0 Å². The van der Waals surface area contributed by atoms with Gasteiger partial charge < -0.3 is 20.2 Å². The lowest BCUT2D eigenvalue weighted by Gasteiger charge is -2.15. The minimum Gasteiger partial charge on any atom is -0.382 e. The van der Waals surface area contributed by atoms with E-state index in [9.17, 15) is 4.79 Å². The Morgan fingerprint density at radius 3 is 2.94 bits per heavy atom. The van der Waals surface area contributed by atoms with Crippen LogP contribution < -0.4 is 16.6 Å². The van der Waals surface area contributed by atoms with Crippen LogP contribution in [0.5, 0.6) is 0 Å². The summed E-state index contributed by atoms with van der Waals surface area (Å²) in [6.07, 6.45) is 2.83. The Bertz CT molecular complexity index is 386. The lowest BCUT2D eigenvalue weighted by molar-refractivity contribution is 0.0285. The molecule has 0 aliphatic carbocycles. The molecule has 7 heteroatoms. The molecular formula is C11H18N4O3. The Labute approximate surface area is 106 Å². The lowest BCUT2D eigenvalue weighted by Crippen LogP contribution is -2.36. The van der Waals surface area contributed by atoms with Crippen molar-refractivity contribution >= 4 is 11.6 Å². The van der Waals surface area contributed by atoms with Gasteiger partial charge in [-0.15, -0.1) is 0 Å². The molecule has 1 rings (SSSR count). The van der Waals surface area contributed by atoms with Gasteiger partial charge in [0.05, 0.1) is 30.2 Å². The SMILES string of the molecule is COCC(CNC(=O)c1ccncc1NN)OC. The summed E-state index contributed by atoms with van der Waals surface area (Å²) in [5, 5.41) is 2.74. The summed E-state index contributed by atoms with van der Waals surface area (Å²) in [5.41, 5.74) is 3.32. The van der Waals surface area contributed by atoms with Gasteiger partial charge in [0.25, 0.3) is 5.91 Å². The fraction of sp³-hybridized carbons (Fsp3) is 0.455. The van der Waals surface area contributed by atoms with Crippen molar-refractivity contribution < 1.29 is 14.3 Å². The fourth-order valence-corrected chi connectivity index (χ4v) is 1.41. The molecule has 7 nitrogen and oxygen atoms in total. The molecule has 4 N–H and O–H groups in total. The molecule has 1 atom stereocenters. The van der Waals surface area contributed by atoms with E-state index in [0.29, 0.717) is 24.4 Å². The minimum atomic E-state index is -0.247. The number of aromatic nitrogens is 1. The molecule has 0 aliphatic heterocycles. The average molecular weight is 254 g/mol. The molecule has 1 unspecified atom stereocenters. The highest BCUT2D eigenvalue weighted by atomic mass is 16.5. The zero-order valence-electron chi connectivity index (χ0n) is 10.5. The van der Waals surface area contributed by atoms with Gasteiger partial charge in [0, 0.05) is 27.0 Å². The largest absolute Gasteiger partial charge is 0.382 e. The van der Waals surface area contributed by atoms with Gasteiger partial charge in [-0.05, 0) is 6.07 Å². The molecule has 0 saturated carbocycles. The van der Waals surface area contributed by atoms with E-state index in [0.717, 1.165) is 0 Å². The van der Waals surface area contributed by atoms with Crippen molar-refractivity contribution in [1.29, 1.82) is 0 Å². The van der Waals surface area contributed by atoms with Gasteiger partial charge in [0.1, 0.15) is 0 Å². The Morgan fingerprint density at radius 1 is 1.56 bits per heavy atom. The highest BCUT2D eigenvalue weighted by molar-refractivity contribution is 5.99. The molecule has 100 valence electrons. The predicted molar refractivity (Wildman–Crippen MR) is 67.1 cm³/mol. The van der Waals surface area contributed by atoms with Gasteiger partial charge in [-0.2, -0.15) is 0 Å². The fourth-order valence-electron chi connectivity index (χ4n) is 1.41. The highest BCUT2D eigenvalue weighted by Crippen LogP contribution is 2.11. The molecule has 1 aromatic heterocycles. The standard InChI is InChI=1S/C11H18N4O3/c1-17-7-8(18-2)5-14-11(16)9-3-4-13-6-10(9)15-12/h3-4,6,8,15H,5,7,12H2,1-2H3,(H,14,16). The zero-order chi connectivity index (χ0) is 13.4. The molecule has 0 saturated heterocycles. The Hall–Kier alpha value is -1.70. The van der Waals surface area contributed by atoms with Crippen molar-refractivity contribution in [3.05, 3.63) is 24.0 Å². The first kappa shape index (κ1) is 14.4. The topological polar surface area (TPSA) is 98.5 Å². The van der Waals surface area contributed by atoms with E-state index in [1.54, 1.807) is 20.3 Å². The molecule has 1 amide bonds. The quantitative estimate of drug-likeness (QED) is 0.459. The van der Waals surface area contributed by atoms with Gasteiger partial charge in [-0.25, -0.2) is 0 Å². The number of nitrogens with two attached hydrogens (primary N) is 1. The number of hydrazine groups is 1. The molecule has 0 aromatic carbocycles. The number of nitrogen functional groups attached to an aromatic ring is 1. The summed E-state index contributed by atoms with van der Waals surface area (Å²) in [5.74, 6) is 5.06. The zero-order valence-corrected chi connectivity index (χ0v) is 10.5. The monoisotopic (exact) mass is 254 g/mol. The third-order valence-electron chi connectivity index (χ3n) is 2.40. The predicted octanol–water partition coefficient (Wildman–Crippen LogP) is -0.242. The number of nitrogens with one attached hydrogen (secondary N) is 2. The van der Waals surface area contributed by atoms with Crippen molar-refractivity contribution in [1.82, 2.24) is 10.3 Å². The number of hydrogen-bond donors (Lipinski definition) is 3. The first-order chi connectivity index (χ1) is 8.72. The number of pyridine rings is 1. The molecule has 0 aliphatic rings. The summed E-state index contributed by atoms with van der Waals surface area (Å²) < 4.78 is 10.1. The molecule has 18 heavy (non-hydrogen) atoms. The normalized spacial score (nSPS) is 11.9. The van der Waals surface area contributed by atoms with Crippen LogP contribution in [-0.2, 0) is 9.47 Å².